The summed E-state index contributed by atoms with van der Waals surface area (Å²) >= 11 is 0. The molecule has 406 valence electrons. The van der Waals surface area contributed by atoms with Crippen molar-refractivity contribution in [2.75, 3.05) is 13.2 Å². The van der Waals surface area contributed by atoms with Crippen molar-refractivity contribution in [3.05, 3.63) is 36.5 Å². The molecule has 1 amide bonds. The third-order valence-electron chi connectivity index (χ3n) is 14.1. The van der Waals surface area contributed by atoms with Gasteiger partial charge in [-0.1, -0.05) is 269 Å². The number of hydrogen-bond donors (Lipinski definition) is 3. The summed E-state index contributed by atoms with van der Waals surface area (Å²) in [6.45, 7) is 4.89. The van der Waals surface area contributed by atoms with Crippen LogP contribution in [0.15, 0.2) is 36.5 Å². The van der Waals surface area contributed by atoms with E-state index in [9.17, 15) is 19.8 Å². The zero-order valence-corrected chi connectivity index (χ0v) is 46.3. The number of esters is 1. The molecular formula is C63H119NO5. The zero-order chi connectivity index (χ0) is 50.0. The van der Waals surface area contributed by atoms with Gasteiger partial charge >= 0.3 is 5.97 Å². The van der Waals surface area contributed by atoms with E-state index in [2.05, 4.69) is 43.5 Å². The molecule has 0 radical (unpaired) electrons. The summed E-state index contributed by atoms with van der Waals surface area (Å²) in [5.74, 6) is -0.0689. The van der Waals surface area contributed by atoms with Gasteiger partial charge in [0.05, 0.1) is 25.4 Å². The van der Waals surface area contributed by atoms with Crippen LogP contribution in [-0.2, 0) is 14.3 Å². The second kappa shape index (κ2) is 58.6. The number of carbonyl (C=O) groups excluding carboxylic acids is 2. The molecule has 0 spiro atoms. The Bertz CT molecular complexity index is 1120. The minimum atomic E-state index is -0.847. The van der Waals surface area contributed by atoms with Crippen LogP contribution >= 0.6 is 0 Å². The van der Waals surface area contributed by atoms with Crippen molar-refractivity contribution in [3.8, 4) is 0 Å². The minimum Gasteiger partial charge on any atom is -0.466 e. The maximum atomic E-state index is 12.5. The molecule has 0 aromatic rings. The molecule has 3 N–H and O–H groups in total. The third-order valence-corrected chi connectivity index (χ3v) is 14.1. The Kier molecular flexibility index (Phi) is 57.0. The number of unbranched alkanes of at least 4 members (excludes halogenated alkanes) is 42. The third kappa shape index (κ3) is 55.2. The fraction of sp³-hybridized carbons (Fsp3) is 0.873. The van der Waals surface area contributed by atoms with Gasteiger partial charge in [0.15, 0.2) is 0 Å². The number of aliphatic hydroxyl groups is 2. The van der Waals surface area contributed by atoms with Crippen LogP contribution in [0.4, 0.5) is 0 Å². The lowest BCUT2D eigenvalue weighted by Crippen LogP contribution is -2.45. The lowest BCUT2D eigenvalue weighted by Gasteiger charge is -2.20. The summed E-state index contributed by atoms with van der Waals surface area (Å²) in [7, 11) is 0. The van der Waals surface area contributed by atoms with Crippen molar-refractivity contribution >= 4 is 11.9 Å². The highest BCUT2D eigenvalue weighted by molar-refractivity contribution is 5.76. The highest BCUT2D eigenvalue weighted by Crippen LogP contribution is 2.17. The van der Waals surface area contributed by atoms with E-state index in [1.165, 1.54) is 257 Å². The van der Waals surface area contributed by atoms with Crippen LogP contribution in [0.3, 0.4) is 0 Å². The van der Waals surface area contributed by atoms with Crippen LogP contribution in [0.25, 0.3) is 0 Å². The fourth-order valence-electron chi connectivity index (χ4n) is 9.39. The van der Waals surface area contributed by atoms with Crippen molar-refractivity contribution in [2.24, 2.45) is 0 Å². The number of carbonyl (C=O) groups is 2. The molecule has 0 saturated carbocycles. The number of nitrogens with one attached hydrogen (secondary N) is 1. The van der Waals surface area contributed by atoms with Gasteiger partial charge in [0.1, 0.15) is 0 Å². The number of rotatable bonds is 57. The molecular weight excluding hydrogens is 851 g/mol. The van der Waals surface area contributed by atoms with Crippen molar-refractivity contribution in [2.45, 2.75) is 341 Å². The standard InChI is InChI=1S/C63H119NO5/c1-3-5-7-9-11-13-15-17-28-32-35-39-43-47-51-55-61(66)60(59-65)64-62(67)56-52-48-44-40-36-33-29-26-24-22-20-18-19-21-23-25-27-30-34-38-42-46-50-54-58-69-63(68)57-53-49-45-41-37-31-16-14-12-10-8-6-4-2/h14,16,20,22,51,55,60-61,65-66H,3-13,15,17-19,21,23-50,52-54,56-59H2,1-2H3,(H,64,67)/b16-14-,22-20-,55-51+. The van der Waals surface area contributed by atoms with Gasteiger partial charge in [-0.2, -0.15) is 0 Å². The van der Waals surface area contributed by atoms with E-state index in [1.807, 2.05) is 6.08 Å². The smallest absolute Gasteiger partial charge is 0.305 e. The summed E-state index contributed by atoms with van der Waals surface area (Å²) in [4.78, 5) is 24.5. The molecule has 0 rings (SSSR count). The number of aliphatic hydroxyl groups excluding tert-OH is 2. The van der Waals surface area contributed by atoms with Crippen molar-refractivity contribution in [1.82, 2.24) is 5.32 Å². The van der Waals surface area contributed by atoms with Crippen LogP contribution < -0.4 is 5.32 Å². The first-order valence-electron chi connectivity index (χ1n) is 30.8. The van der Waals surface area contributed by atoms with E-state index >= 15 is 0 Å². The molecule has 0 fully saturated rings. The lowest BCUT2D eigenvalue weighted by atomic mass is 10.0. The quantitative estimate of drug-likeness (QED) is 0.0321. The minimum absolute atomic E-state index is 0.00265. The molecule has 0 aromatic carbocycles. The zero-order valence-electron chi connectivity index (χ0n) is 46.3. The van der Waals surface area contributed by atoms with Crippen molar-refractivity contribution < 1.29 is 24.5 Å². The van der Waals surface area contributed by atoms with Crippen LogP contribution in [0, 0.1) is 0 Å². The van der Waals surface area contributed by atoms with Gasteiger partial charge in [0, 0.05) is 12.8 Å². The molecule has 0 aliphatic rings. The topological polar surface area (TPSA) is 95.9 Å². The SMILES string of the molecule is CCCCCC/C=C\CCCCCCCC(=O)OCCCCCCCCCCCCCC/C=C\CCCCCCCCCCC(=O)NC(CO)C(O)/C=C/CCCCCCCCCCCCCCC. The fourth-order valence-corrected chi connectivity index (χ4v) is 9.39. The van der Waals surface area contributed by atoms with Gasteiger partial charge in [-0.3, -0.25) is 9.59 Å². The normalized spacial score (nSPS) is 12.8. The van der Waals surface area contributed by atoms with Gasteiger partial charge in [-0.25, -0.2) is 0 Å². The van der Waals surface area contributed by atoms with Crippen molar-refractivity contribution in [3.63, 3.8) is 0 Å². The molecule has 0 heterocycles. The van der Waals surface area contributed by atoms with Gasteiger partial charge in [0.2, 0.25) is 5.91 Å². The molecule has 69 heavy (non-hydrogen) atoms. The Morgan fingerprint density at radius 1 is 0.391 bits per heavy atom. The van der Waals surface area contributed by atoms with Gasteiger partial charge < -0.3 is 20.3 Å². The summed E-state index contributed by atoms with van der Waals surface area (Å²) in [6, 6.07) is -0.631. The Morgan fingerprint density at radius 2 is 0.681 bits per heavy atom. The predicted molar refractivity (Wildman–Crippen MR) is 301 cm³/mol. The molecule has 0 aromatic heterocycles. The average molecular weight is 971 g/mol. The second-order valence-electron chi connectivity index (χ2n) is 21.0. The second-order valence-corrected chi connectivity index (χ2v) is 21.0. The van der Waals surface area contributed by atoms with Crippen molar-refractivity contribution in [1.29, 1.82) is 0 Å². The molecule has 0 saturated heterocycles. The number of hydrogen-bond acceptors (Lipinski definition) is 5. The summed E-state index contributed by atoms with van der Waals surface area (Å²) in [6.07, 6.45) is 73.2. The van der Waals surface area contributed by atoms with Crippen LogP contribution in [0.2, 0.25) is 0 Å². The van der Waals surface area contributed by atoms with E-state index in [-0.39, 0.29) is 18.5 Å². The van der Waals surface area contributed by atoms with Gasteiger partial charge in [0.25, 0.3) is 0 Å². The first-order valence-corrected chi connectivity index (χ1v) is 30.8. The van der Waals surface area contributed by atoms with Gasteiger partial charge in [-0.15, -0.1) is 0 Å². The van der Waals surface area contributed by atoms with Crippen LogP contribution in [0.5, 0.6) is 0 Å². The molecule has 6 heteroatoms. The maximum Gasteiger partial charge on any atom is 0.305 e. The summed E-state index contributed by atoms with van der Waals surface area (Å²) < 4.78 is 5.47. The largest absolute Gasteiger partial charge is 0.466 e. The highest BCUT2D eigenvalue weighted by Gasteiger charge is 2.18. The molecule has 6 nitrogen and oxygen atoms in total. The molecule has 0 aliphatic carbocycles. The Morgan fingerprint density at radius 3 is 1.04 bits per heavy atom. The molecule has 2 unspecified atom stereocenters. The Labute approximate surface area is 430 Å². The maximum absolute atomic E-state index is 12.5. The molecule has 2 atom stereocenters. The van der Waals surface area contributed by atoms with E-state index in [0.29, 0.717) is 19.4 Å². The number of ether oxygens (including phenoxy) is 1. The molecule has 0 bridgehead atoms. The molecule has 0 aliphatic heterocycles. The van der Waals surface area contributed by atoms with E-state index in [4.69, 9.17) is 4.74 Å². The average Bonchev–Trinajstić information content (AvgIpc) is 3.35. The highest BCUT2D eigenvalue weighted by atomic mass is 16.5. The number of amides is 1. The van der Waals surface area contributed by atoms with E-state index < -0.39 is 12.1 Å². The summed E-state index contributed by atoms with van der Waals surface area (Å²) in [5.41, 5.74) is 0. The monoisotopic (exact) mass is 970 g/mol. The van der Waals surface area contributed by atoms with Crippen LogP contribution in [0.1, 0.15) is 328 Å². The van der Waals surface area contributed by atoms with E-state index in [1.54, 1.807) is 6.08 Å². The first-order chi connectivity index (χ1) is 34.0. The Hall–Kier alpha value is -1.92. The first kappa shape index (κ1) is 67.1. The number of allylic oxidation sites excluding steroid dienone is 5. The Balaban J connectivity index is 3.43. The lowest BCUT2D eigenvalue weighted by molar-refractivity contribution is -0.143. The van der Waals surface area contributed by atoms with Gasteiger partial charge in [-0.05, 0) is 83.5 Å². The van der Waals surface area contributed by atoms with Crippen LogP contribution in [-0.4, -0.2) is 47.4 Å². The predicted octanol–water partition coefficient (Wildman–Crippen LogP) is 19.2. The summed E-state index contributed by atoms with van der Waals surface area (Å²) in [5, 5.41) is 23.1. The van der Waals surface area contributed by atoms with E-state index in [0.717, 1.165) is 44.9 Å².